The van der Waals surface area contributed by atoms with E-state index in [9.17, 15) is 14.4 Å². The SMILES string of the molecule is O=C(Nc1cccc(Cl)c1)N[C@H]1C[C@H]2C(=O)N[C@@H](CO)C(=O)N2C1. The number of fused-ring (bicyclic) bond motifs is 1. The Hall–Kier alpha value is -2.32. The Morgan fingerprint density at radius 1 is 1.42 bits per heavy atom. The summed E-state index contributed by atoms with van der Waals surface area (Å²) in [5.74, 6) is -0.644. The predicted octanol–water partition coefficient (Wildman–Crippen LogP) is -0.0783. The van der Waals surface area contributed by atoms with E-state index in [0.29, 0.717) is 17.1 Å². The molecule has 24 heavy (non-hydrogen) atoms. The van der Waals surface area contributed by atoms with E-state index in [-0.39, 0.29) is 24.4 Å². The molecule has 3 atom stereocenters. The van der Waals surface area contributed by atoms with Crippen molar-refractivity contribution in [2.24, 2.45) is 0 Å². The molecule has 0 saturated carbocycles. The van der Waals surface area contributed by atoms with Crippen LogP contribution in [-0.2, 0) is 9.59 Å². The Labute approximate surface area is 143 Å². The van der Waals surface area contributed by atoms with Crippen LogP contribution in [0.5, 0.6) is 0 Å². The molecule has 4 N–H and O–H groups in total. The van der Waals surface area contributed by atoms with Gasteiger partial charge in [-0.3, -0.25) is 9.59 Å². The van der Waals surface area contributed by atoms with E-state index in [0.717, 1.165) is 0 Å². The normalized spacial score (nSPS) is 25.9. The summed E-state index contributed by atoms with van der Waals surface area (Å²) in [4.78, 5) is 37.6. The first kappa shape index (κ1) is 16.5. The summed E-state index contributed by atoms with van der Waals surface area (Å²) in [6, 6.07) is 4.42. The molecule has 2 saturated heterocycles. The number of rotatable bonds is 3. The second kappa shape index (κ2) is 6.66. The highest BCUT2D eigenvalue weighted by Gasteiger charge is 2.46. The molecule has 0 spiro atoms. The van der Waals surface area contributed by atoms with Crippen molar-refractivity contribution < 1.29 is 19.5 Å². The molecular formula is C15H17ClN4O4. The maximum absolute atomic E-state index is 12.2. The van der Waals surface area contributed by atoms with Crippen LogP contribution >= 0.6 is 11.6 Å². The zero-order valence-corrected chi connectivity index (χ0v) is 13.4. The molecule has 1 aromatic rings. The Morgan fingerprint density at radius 3 is 2.92 bits per heavy atom. The van der Waals surface area contributed by atoms with E-state index in [1.54, 1.807) is 24.3 Å². The average Bonchev–Trinajstić information content (AvgIpc) is 2.95. The number of hydrogen-bond donors (Lipinski definition) is 4. The molecule has 0 bridgehead atoms. The number of aliphatic hydroxyl groups is 1. The van der Waals surface area contributed by atoms with E-state index >= 15 is 0 Å². The first-order valence-corrected chi connectivity index (χ1v) is 7.90. The molecule has 2 fully saturated rings. The number of amides is 4. The van der Waals surface area contributed by atoms with E-state index in [4.69, 9.17) is 16.7 Å². The largest absolute Gasteiger partial charge is 0.394 e. The maximum atomic E-state index is 12.2. The second-order valence-corrected chi connectivity index (χ2v) is 6.23. The number of piperazine rings is 1. The fourth-order valence-corrected chi connectivity index (χ4v) is 3.20. The van der Waals surface area contributed by atoms with Gasteiger partial charge in [-0.25, -0.2) is 4.79 Å². The lowest BCUT2D eigenvalue weighted by molar-refractivity contribution is -0.148. The van der Waals surface area contributed by atoms with Crippen molar-refractivity contribution in [1.82, 2.24) is 15.5 Å². The molecule has 9 heteroatoms. The van der Waals surface area contributed by atoms with Crippen LogP contribution in [0.15, 0.2) is 24.3 Å². The molecule has 128 valence electrons. The molecule has 0 radical (unpaired) electrons. The number of nitrogens with one attached hydrogen (secondary N) is 3. The lowest BCUT2D eigenvalue weighted by atomic mass is 10.1. The van der Waals surface area contributed by atoms with Gasteiger partial charge >= 0.3 is 6.03 Å². The Bertz CT molecular complexity index is 683. The van der Waals surface area contributed by atoms with Gasteiger partial charge in [0, 0.05) is 17.3 Å². The predicted molar refractivity (Wildman–Crippen MR) is 86.5 cm³/mol. The lowest BCUT2D eigenvalue weighted by Crippen LogP contribution is -2.62. The number of benzene rings is 1. The Kier molecular flexibility index (Phi) is 4.59. The van der Waals surface area contributed by atoms with Gasteiger partial charge in [0.25, 0.3) is 0 Å². The molecule has 8 nitrogen and oxygen atoms in total. The average molecular weight is 353 g/mol. The minimum Gasteiger partial charge on any atom is -0.394 e. The van der Waals surface area contributed by atoms with Crippen LogP contribution in [0.3, 0.4) is 0 Å². The summed E-state index contributed by atoms with van der Waals surface area (Å²) in [7, 11) is 0. The van der Waals surface area contributed by atoms with E-state index in [1.807, 2.05) is 0 Å². The number of carbonyl (C=O) groups excluding carboxylic acids is 3. The number of nitrogens with zero attached hydrogens (tertiary/aromatic N) is 1. The van der Waals surface area contributed by atoms with Gasteiger partial charge in [0.05, 0.1) is 12.6 Å². The van der Waals surface area contributed by atoms with E-state index < -0.39 is 24.7 Å². The quantitative estimate of drug-likeness (QED) is 0.610. The molecule has 2 heterocycles. The molecule has 2 aliphatic heterocycles. The number of halogens is 1. The van der Waals surface area contributed by atoms with Gasteiger partial charge in [-0.15, -0.1) is 0 Å². The van der Waals surface area contributed by atoms with Crippen molar-refractivity contribution in [3.63, 3.8) is 0 Å². The van der Waals surface area contributed by atoms with Crippen LogP contribution in [0.4, 0.5) is 10.5 Å². The van der Waals surface area contributed by atoms with Crippen molar-refractivity contribution in [1.29, 1.82) is 0 Å². The van der Waals surface area contributed by atoms with Gasteiger partial charge in [-0.1, -0.05) is 17.7 Å². The van der Waals surface area contributed by atoms with Crippen molar-refractivity contribution in [2.75, 3.05) is 18.5 Å². The topological polar surface area (TPSA) is 111 Å². The third kappa shape index (κ3) is 3.29. The molecular weight excluding hydrogens is 336 g/mol. The monoisotopic (exact) mass is 352 g/mol. The highest BCUT2D eigenvalue weighted by Crippen LogP contribution is 2.23. The zero-order valence-electron chi connectivity index (χ0n) is 12.7. The molecule has 0 aliphatic carbocycles. The fourth-order valence-electron chi connectivity index (χ4n) is 3.01. The molecule has 2 aliphatic rings. The third-order valence-electron chi connectivity index (χ3n) is 4.10. The minimum atomic E-state index is -0.909. The van der Waals surface area contributed by atoms with Gasteiger partial charge < -0.3 is 26.0 Å². The van der Waals surface area contributed by atoms with Gasteiger partial charge in [-0.2, -0.15) is 0 Å². The highest BCUT2D eigenvalue weighted by molar-refractivity contribution is 6.30. The second-order valence-electron chi connectivity index (χ2n) is 5.79. The van der Waals surface area contributed by atoms with Gasteiger partial charge in [0.2, 0.25) is 11.8 Å². The van der Waals surface area contributed by atoms with Crippen molar-refractivity contribution >= 4 is 35.1 Å². The van der Waals surface area contributed by atoms with Gasteiger partial charge in [0.15, 0.2) is 0 Å². The number of anilines is 1. The standard InChI is InChI=1S/C15H17ClN4O4/c16-8-2-1-3-9(4-8)17-15(24)18-10-5-12-13(22)19-11(7-21)14(23)20(12)6-10/h1-4,10-12,21H,5-7H2,(H,19,22)(H2,17,18,24)/t10-,11-,12-/m0/s1. The molecule has 3 rings (SSSR count). The first-order chi connectivity index (χ1) is 11.5. The van der Waals surface area contributed by atoms with Crippen molar-refractivity contribution in [3.8, 4) is 0 Å². The fraction of sp³-hybridized carbons (Fsp3) is 0.400. The van der Waals surface area contributed by atoms with Crippen LogP contribution in [-0.4, -0.2) is 59.1 Å². The number of aliphatic hydroxyl groups excluding tert-OH is 1. The summed E-state index contributed by atoms with van der Waals surface area (Å²) in [6.45, 7) is -0.211. The van der Waals surface area contributed by atoms with Crippen LogP contribution in [0.1, 0.15) is 6.42 Å². The Morgan fingerprint density at radius 2 is 2.21 bits per heavy atom. The van der Waals surface area contributed by atoms with E-state index in [2.05, 4.69) is 16.0 Å². The first-order valence-electron chi connectivity index (χ1n) is 7.52. The summed E-state index contributed by atoms with van der Waals surface area (Å²) in [5.41, 5.74) is 0.546. The Balaban J connectivity index is 1.60. The molecule has 1 aromatic carbocycles. The number of hydrogen-bond acceptors (Lipinski definition) is 4. The minimum absolute atomic E-state index is 0.233. The van der Waals surface area contributed by atoms with Crippen LogP contribution < -0.4 is 16.0 Å². The van der Waals surface area contributed by atoms with E-state index in [1.165, 1.54) is 4.90 Å². The lowest BCUT2D eigenvalue weighted by Gasteiger charge is -2.33. The van der Waals surface area contributed by atoms with Crippen molar-refractivity contribution in [2.45, 2.75) is 24.5 Å². The van der Waals surface area contributed by atoms with Gasteiger partial charge in [-0.05, 0) is 24.6 Å². The zero-order chi connectivity index (χ0) is 17.3. The smallest absolute Gasteiger partial charge is 0.319 e. The number of urea groups is 1. The molecule has 0 unspecified atom stereocenters. The number of carbonyl (C=O) groups is 3. The molecule has 0 aromatic heterocycles. The van der Waals surface area contributed by atoms with Crippen LogP contribution in [0.2, 0.25) is 5.02 Å². The maximum Gasteiger partial charge on any atom is 0.319 e. The summed E-state index contributed by atoms with van der Waals surface area (Å²) >= 11 is 5.86. The summed E-state index contributed by atoms with van der Waals surface area (Å²) in [6.07, 6.45) is 0.332. The summed E-state index contributed by atoms with van der Waals surface area (Å²) < 4.78 is 0. The summed E-state index contributed by atoms with van der Waals surface area (Å²) in [5, 5.41) is 17.5. The molecule has 4 amide bonds. The van der Waals surface area contributed by atoms with Crippen molar-refractivity contribution in [3.05, 3.63) is 29.3 Å². The van der Waals surface area contributed by atoms with Crippen LogP contribution in [0, 0.1) is 0 Å². The highest BCUT2D eigenvalue weighted by atomic mass is 35.5. The van der Waals surface area contributed by atoms with Gasteiger partial charge in [0.1, 0.15) is 12.1 Å². The third-order valence-corrected chi connectivity index (χ3v) is 4.34. The van der Waals surface area contributed by atoms with Crippen LogP contribution in [0.25, 0.3) is 0 Å².